The van der Waals surface area contributed by atoms with E-state index in [-0.39, 0.29) is 0 Å². The van der Waals surface area contributed by atoms with Crippen molar-refractivity contribution in [2.24, 2.45) is 9.98 Å². The molecule has 1 aromatic carbocycles. The molecule has 4 rings (SSSR count). The minimum atomic E-state index is 0.414. The quantitative estimate of drug-likeness (QED) is 0.895. The van der Waals surface area contributed by atoms with Gasteiger partial charge in [0.15, 0.2) is 5.84 Å². The number of anilines is 1. The molecule has 0 amide bonds. The molecule has 23 heavy (non-hydrogen) atoms. The zero-order valence-corrected chi connectivity index (χ0v) is 13.4. The van der Waals surface area contributed by atoms with Crippen LogP contribution in [0.5, 0.6) is 0 Å². The second kappa shape index (κ2) is 6.16. The Hall–Kier alpha value is -2.15. The van der Waals surface area contributed by atoms with Gasteiger partial charge in [-0.1, -0.05) is 25.7 Å². The Kier molecular flexibility index (Phi) is 3.87. The second-order valence-corrected chi connectivity index (χ2v) is 6.83. The van der Waals surface area contributed by atoms with Crippen LogP contribution in [0.25, 0.3) is 0 Å². The van der Waals surface area contributed by atoms with Crippen LogP contribution in [-0.4, -0.2) is 23.6 Å². The van der Waals surface area contributed by atoms with Gasteiger partial charge in [0.05, 0.1) is 23.7 Å². The van der Waals surface area contributed by atoms with E-state index in [1.165, 1.54) is 51.4 Å². The molecule has 4 heteroatoms. The van der Waals surface area contributed by atoms with E-state index in [4.69, 9.17) is 9.98 Å². The Labute approximate surface area is 137 Å². The van der Waals surface area contributed by atoms with E-state index in [0.29, 0.717) is 17.6 Å². The minimum absolute atomic E-state index is 0.414. The number of nitriles is 1. The first-order valence-electron chi connectivity index (χ1n) is 8.81. The fraction of sp³-hybridized carbons (Fsp3) is 0.526. The zero-order chi connectivity index (χ0) is 15.6. The fourth-order valence-electron chi connectivity index (χ4n) is 3.89. The Morgan fingerprint density at radius 2 is 1.61 bits per heavy atom. The van der Waals surface area contributed by atoms with Gasteiger partial charge in [0, 0.05) is 11.3 Å². The third-order valence-corrected chi connectivity index (χ3v) is 5.15. The summed E-state index contributed by atoms with van der Waals surface area (Å²) in [6, 6.07) is 8.87. The van der Waals surface area contributed by atoms with E-state index < -0.39 is 0 Å². The third kappa shape index (κ3) is 2.88. The largest absolute Gasteiger partial charge is 0.338 e. The number of nitrogens with zero attached hydrogens (tertiary/aromatic N) is 3. The molecule has 0 radical (unpaired) electrons. The van der Waals surface area contributed by atoms with Crippen molar-refractivity contribution in [3.05, 3.63) is 29.3 Å². The highest BCUT2D eigenvalue weighted by atomic mass is 15.1. The van der Waals surface area contributed by atoms with Gasteiger partial charge in [0.2, 0.25) is 0 Å². The number of hydrogen-bond donors (Lipinski definition) is 1. The van der Waals surface area contributed by atoms with E-state index in [9.17, 15) is 5.26 Å². The lowest BCUT2D eigenvalue weighted by atomic mass is 10.1. The summed E-state index contributed by atoms with van der Waals surface area (Å²) in [5, 5.41) is 12.6. The Balaban J connectivity index is 1.73. The maximum absolute atomic E-state index is 9.19. The average molecular weight is 306 g/mol. The molecule has 3 aliphatic rings. The highest BCUT2D eigenvalue weighted by Gasteiger charge is 2.28. The van der Waals surface area contributed by atoms with Crippen molar-refractivity contribution in [2.45, 2.75) is 63.5 Å². The maximum atomic E-state index is 9.19. The highest BCUT2D eigenvalue weighted by Crippen LogP contribution is 2.30. The van der Waals surface area contributed by atoms with Crippen molar-refractivity contribution < 1.29 is 0 Å². The predicted octanol–water partition coefficient (Wildman–Crippen LogP) is 4.06. The summed E-state index contributed by atoms with van der Waals surface area (Å²) in [5.41, 5.74) is 3.76. The molecule has 0 atom stereocenters. The number of rotatable bonds is 2. The van der Waals surface area contributed by atoms with Gasteiger partial charge in [-0.3, -0.25) is 9.98 Å². The number of benzene rings is 1. The van der Waals surface area contributed by atoms with Crippen molar-refractivity contribution in [1.29, 1.82) is 5.26 Å². The smallest absolute Gasteiger partial charge is 0.152 e. The van der Waals surface area contributed by atoms with E-state index in [2.05, 4.69) is 11.4 Å². The molecular weight excluding hydrogens is 284 g/mol. The van der Waals surface area contributed by atoms with Crippen LogP contribution in [0.2, 0.25) is 0 Å². The summed E-state index contributed by atoms with van der Waals surface area (Å²) < 4.78 is 0. The molecule has 4 nitrogen and oxygen atoms in total. The van der Waals surface area contributed by atoms with Crippen LogP contribution in [-0.2, 0) is 0 Å². The van der Waals surface area contributed by atoms with Crippen LogP contribution in [0.3, 0.4) is 0 Å². The molecule has 1 aromatic rings. The van der Waals surface area contributed by atoms with Gasteiger partial charge in [-0.25, -0.2) is 0 Å². The average Bonchev–Trinajstić information content (AvgIpc) is 3.31. The van der Waals surface area contributed by atoms with Crippen molar-refractivity contribution in [2.75, 3.05) is 5.32 Å². The van der Waals surface area contributed by atoms with Crippen LogP contribution in [0.15, 0.2) is 28.2 Å². The van der Waals surface area contributed by atoms with Gasteiger partial charge in [-0.15, -0.1) is 0 Å². The molecule has 1 aliphatic heterocycles. The zero-order valence-electron chi connectivity index (χ0n) is 13.4. The van der Waals surface area contributed by atoms with E-state index in [1.807, 2.05) is 18.2 Å². The topological polar surface area (TPSA) is 60.5 Å². The standard InChI is InChI=1S/C19H22N4/c20-12-13-9-10-17-16(11-13)18(21-14-5-1-2-6-14)19(23-17)22-15-7-3-4-8-15/h9-11,14-15H,1-8H2,(H,21,22,23). The lowest BCUT2D eigenvalue weighted by Gasteiger charge is -2.08. The van der Waals surface area contributed by atoms with Gasteiger partial charge in [0.1, 0.15) is 5.71 Å². The van der Waals surface area contributed by atoms with Gasteiger partial charge in [-0.05, 0) is 43.9 Å². The van der Waals surface area contributed by atoms with Crippen LogP contribution in [0.4, 0.5) is 5.69 Å². The summed E-state index contributed by atoms with van der Waals surface area (Å²) in [4.78, 5) is 9.99. The molecule has 2 aliphatic carbocycles. The summed E-state index contributed by atoms with van der Waals surface area (Å²) in [6.07, 6.45) is 9.82. The molecule has 0 aromatic heterocycles. The van der Waals surface area contributed by atoms with Crippen LogP contribution in [0, 0.1) is 11.3 Å². The first-order valence-corrected chi connectivity index (χ1v) is 8.81. The fourth-order valence-corrected chi connectivity index (χ4v) is 3.89. The first-order chi connectivity index (χ1) is 11.3. The Morgan fingerprint density at radius 1 is 0.957 bits per heavy atom. The van der Waals surface area contributed by atoms with E-state index in [0.717, 1.165) is 22.8 Å². The number of aliphatic imine (C=N–C) groups is 2. The summed E-state index contributed by atoms with van der Waals surface area (Å²) in [6.45, 7) is 0. The van der Waals surface area contributed by atoms with Crippen molar-refractivity contribution in [3.8, 4) is 6.07 Å². The number of nitrogens with one attached hydrogen (secondary N) is 1. The Bertz CT molecular complexity index is 699. The normalized spacial score (nSPS) is 25.0. The second-order valence-electron chi connectivity index (χ2n) is 6.83. The lowest BCUT2D eigenvalue weighted by Crippen LogP contribution is -2.20. The van der Waals surface area contributed by atoms with Gasteiger partial charge in [-0.2, -0.15) is 5.26 Å². The SMILES string of the molecule is N#Cc1ccc2c(c1)C(=NC1CCCC1)C(=NC1CCCC1)N2. The van der Waals surface area contributed by atoms with Crippen molar-refractivity contribution >= 4 is 17.2 Å². The number of fused-ring (bicyclic) bond motifs is 1. The number of amidine groups is 1. The molecule has 1 heterocycles. The van der Waals surface area contributed by atoms with Gasteiger partial charge < -0.3 is 5.32 Å². The molecule has 0 unspecified atom stereocenters. The van der Waals surface area contributed by atoms with E-state index >= 15 is 0 Å². The van der Waals surface area contributed by atoms with Crippen LogP contribution < -0.4 is 5.32 Å². The first kappa shape index (κ1) is 14.4. The summed E-state index contributed by atoms with van der Waals surface area (Å²) in [5.74, 6) is 0.925. The van der Waals surface area contributed by atoms with Gasteiger partial charge in [0.25, 0.3) is 0 Å². The molecule has 2 saturated carbocycles. The molecule has 2 fully saturated rings. The molecule has 0 spiro atoms. The van der Waals surface area contributed by atoms with E-state index in [1.54, 1.807) is 0 Å². The van der Waals surface area contributed by atoms with Crippen molar-refractivity contribution in [1.82, 2.24) is 0 Å². The third-order valence-electron chi connectivity index (χ3n) is 5.15. The maximum Gasteiger partial charge on any atom is 0.152 e. The summed E-state index contributed by atoms with van der Waals surface area (Å²) >= 11 is 0. The highest BCUT2D eigenvalue weighted by molar-refractivity contribution is 6.56. The van der Waals surface area contributed by atoms with Crippen LogP contribution >= 0.6 is 0 Å². The number of hydrogen-bond acceptors (Lipinski definition) is 3. The van der Waals surface area contributed by atoms with Crippen molar-refractivity contribution in [3.63, 3.8) is 0 Å². The molecule has 118 valence electrons. The molecule has 1 N–H and O–H groups in total. The summed E-state index contributed by atoms with van der Waals surface area (Å²) in [7, 11) is 0. The monoisotopic (exact) mass is 306 g/mol. The molecular formula is C19H22N4. The molecule has 0 bridgehead atoms. The lowest BCUT2D eigenvalue weighted by molar-refractivity contribution is 0.703. The van der Waals surface area contributed by atoms with Gasteiger partial charge >= 0.3 is 0 Å². The predicted molar refractivity (Wildman–Crippen MR) is 93.3 cm³/mol. The molecule has 0 saturated heterocycles. The Morgan fingerprint density at radius 3 is 2.26 bits per heavy atom. The van der Waals surface area contributed by atoms with Crippen LogP contribution in [0.1, 0.15) is 62.5 Å². The minimum Gasteiger partial charge on any atom is -0.338 e.